The fraction of sp³-hybridized carbons (Fsp3) is 0.812. The highest BCUT2D eigenvalue weighted by molar-refractivity contribution is 5.19. The summed E-state index contributed by atoms with van der Waals surface area (Å²) in [6, 6.07) is 0.589. The van der Waals surface area contributed by atoms with Gasteiger partial charge in [-0.1, -0.05) is 6.42 Å². The lowest BCUT2D eigenvalue weighted by Gasteiger charge is -2.32. The molecule has 1 aliphatic heterocycles. The predicted molar refractivity (Wildman–Crippen MR) is 76.1 cm³/mol. The molecule has 2 heterocycles. The van der Waals surface area contributed by atoms with E-state index >= 15 is 0 Å². The first kappa shape index (κ1) is 12.0. The lowest BCUT2D eigenvalue weighted by molar-refractivity contribution is 0.163. The topological polar surface area (TPSA) is 31.9 Å². The maximum Gasteiger partial charge on any atom is 0.124 e. The normalized spacial score (nSPS) is 28.3. The van der Waals surface area contributed by atoms with Gasteiger partial charge in [0, 0.05) is 12.2 Å². The van der Waals surface area contributed by atoms with Gasteiger partial charge in [0.25, 0.3) is 0 Å². The molecule has 0 bridgehead atoms. The molecule has 0 aromatic carbocycles. The monoisotopic (exact) mass is 259 g/mol. The van der Waals surface area contributed by atoms with Crippen LogP contribution in [0, 0.1) is 5.92 Å². The largest absolute Gasteiger partial charge is 0.344 e. The van der Waals surface area contributed by atoms with Crippen molar-refractivity contribution in [2.45, 2.75) is 63.8 Å². The van der Waals surface area contributed by atoms with Crippen molar-refractivity contribution in [1.82, 2.24) is 14.9 Å². The van der Waals surface area contributed by atoms with Crippen molar-refractivity contribution in [3.63, 3.8) is 0 Å². The third-order valence-electron chi connectivity index (χ3n) is 5.37. The number of likely N-dealkylation sites (tertiary alicyclic amines) is 1. The number of hydrogen-bond donors (Lipinski definition) is 1. The van der Waals surface area contributed by atoms with Crippen LogP contribution in [0.25, 0.3) is 0 Å². The van der Waals surface area contributed by atoms with Gasteiger partial charge in [0.15, 0.2) is 0 Å². The lowest BCUT2D eigenvalue weighted by Crippen LogP contribution is -2.32. The summed E-state index contributed by atoms with van der Waals surface area (Å²) in [6.07, 6.45) is 12.1. The highest BCUT2D eigenvalue weighted by Gasteiger charge is 2.32. The number of nitrogens with one attached hydrogen (secondary N) is 1. The molecule has 1 saturated carbocycles. The Labute approximate surface area is 115 Å². The molecule has 4 rings (SSSR count). The van der Waals surface area contributed by atoms with E-state index in [-0.39, 0.29) is 0 Å². The molecule has 0 amide bonds. The number of fused-ring (bicyclic) bond motifs is 1. The molecule has 3 heteroatoms. The Bertz CT molecular complexity index is 423. The Morgan fingerprint density at radius 1 is 1.05 bits per heavy atom. The number of H-pyrrole nitrogens is 1. The van der Waals surface area contributed by atoms with E-state index < -0.39 is 0 Å². The molecule has 1 aromatic heterocycles. The molecule has 104 valence electrons. The number of aromatic nitrogens is 2. The van der Waals surface area contributed by atoms with Crippen LogP contribution in [0.3, 0.4) is 0 Å². The van der Waals surface area contributed by atoms with Crippen LogP contribution in [0.15, 0.2) is 0 Å². The van der Waals surface area contributed by atoms with Crippen molar-refractivity contribution in [1.29, 1.82) is 0 Å². The zero-order chi connectivity index (χ0) is 12.7. The van der Waals surface area contributed by atoms with Crippen molar-refractivity contribution in [3.05, 3.63) is 17.2 Å². The average molecular weight is 259 g/mol. The van der Waals surface area contributed by atoms with Gasteiger partial charge < -0.3 is 4.98 Å². The van der Waals surface area contributed by atoms with Gasteiger partial charge in [0.05, 0.1) is 11.7 Å². The first-order valence-corrected chi connectivity index (χ1v) is 8.22. The Balaban J connectivity index is 1.51. The molecule has 1 saturated heterocycles. The third kappa shape index (κ3) is 2.22. The van der Waals surface area contributed by atoms with Crippen LogP contribution in [-0.4, -0.2) is 28.0 Å². The highest BCUT2D eigenvalue weighted by Crippen LogP contribution is 2.36. The fourth-order valence-electron chi connectivity index (χ4n) is 3.99. The Kier molecular flexibility index (Phi) is 3.10. The van der Waals surface area contributed by atoms with E-state index in [1.165, 1.54) is 88.1 Å². The van der Waals surface area contributed by atoms with Crippen LogP contribution < -0.4 is 0 Å². The number of aromatic amines is 1. The second-order valence-corrected chi connectivity index (χ2v) is 6.70. The molecule has 19 heavy (non-hydrogen) atoms. The number of hydrogen-bond acceptors (Lipinski definition) is 2. The summed E-state index contributed by atoms with van der Waals surface area (Å²) in [4.78, 5) is 11.3. The molecule has 0 radical (unpaired) electrons. The number of nitrogens with zero attached hydrogens (tertiary/aromatic N) is 2. The van der Waals surface area contributed by atoms with E-state index in [1.54, 1.807) is 0 Å². The van der Waals surface area contributed by atoms with Crippen LogP contribution in [0.5, 0.6) is 0 Å². The molecule has 1 atom stereocenters. The van der Waals surface area contributed by atoms with E-state index in [0.717, 1.165) is 5.92 Å². The minimum absolute atomic E-state index is 0.589. The van der Waals surface area contributed by atoms with E-state index in [1.807, 2.05) is 0 Å². The van der Waals surface area contributed by atoms with Crippen LogP contribution in [-0.2, 0) is 12.8 Å². The van der Waals surface area contributed by atoms with Gasteiger partial charge in [0.1, 0.15) is 5.82 Å². The summed E-state index contributed by atoms with van der Waals surface area (Å²) >= 11 is 0. The summed E-state index contributed by atoms with van der Waals surface area (Å²) in [5.74, 6) is 2.26. The van der Waals surface area contributed by atoms with E-state index in [2.05, 4.69) is 9.88 Å². The van der Waals surface area contributed by atoms with Crippen molar-refractivity contribution in [3.8, 4) is 0 Å². The summed E-state index contributed by atoms with van der Waals surface area (Å²) in [5, 5.41) is 0. The summed E-state index contributed by atoms with van der Waals surface area (Å²) in [7, 11) is 0. The van der Waals surface area contributed by atoms with Crippen molar-refractivity contribution < 1.29 is 0 Å². The number of imidazole rings is 1. The average Bonchev–Trinajstić information content (AvgIpc) is 2.99. The predicted octanol–water partition coefficient (Wildman–Crippen LogP) is 3.23. The van der Waals surface area contributed by atoms with Crippen molar-refractivity contribution in [2.75, 3.05) is 13.1 Å². The molecular formula is C16H25N3. The van der Waals surface area contributed by atoms with Gasteiger partial charge in [-0.25, -0.2) is 4.98 Å². The Hall–Kier alpha value is -0.830. The van der Waals surface area contributed by atoms with Crippen LogP contribution >= 0.6 is 0 Å². The van der Waals surface area contributed by atoms with E-state index in [0.29, 0.717) is 6.04 Å². The van der Waals surface area contributed by atoms with Gasteiger partial charge in [-0.15, -0.1) is 0 Å². The third-order valence-corrected chi connectivity index (χ3v) is 5.37. The zero-order valence-corrected chi connectivity index (χ0v) is 11.8. The summed E-state index contributed by atoms with van der Waals surface area (Å²) < 4.78 is 0. The van der Waals surface area contributed by atoms with Crippen molar-refractivity contribution >= 4 is 0 Å². The first-order chi connectivity index (χ1) is 9.40. The van der Waals surface area contributed by atoms with E-state index in [9.17, 15) is 0 Å². The minimum atomic E-state index is 0.589. The van der Waals surface area contributed by atoms with Gasteiger partial charge >= 0.3 is 0 Å². The molecule has 2 fully saturated rings. The van der Waals surface area contributed by atoms with E-state index in [4.69, 9.17) is 4.98 Å². The zero-order valence-electron chi connectivity index (χ0n) is 11.8. The summed E-state index contributed by atoms with van der Waals surface area (Å²) in [5.41, 5.74) is 2.81. The Morgan fingerprint density at radius 3 is 2.74 bits per heavy atom. The quantitative estimate of drug-likeness (QED) is 0.903. The molecule has 2 aliphatic carbocycles. The Morgan fingerprint density at radius 2 is 1.95 bits per heavy atom. The van der Waals surface area contributed by atoms with Crippen LogP contribution in [0.2, 0.25) is 0 Å². The molecule has 1 N–H and O–H groups in total. The summed E-state index contributed by atoms with van der Waals surface area (Å²) in [6.45, 7) is 2.60. The van der Waals surface area contributed by atoms with Crippen LogP contribution in [0.1, 0.15) is 68.2 Å². The van der Waals surface area contributed by atoms with Gasteiger partial charge in [-0.05, 0) is 63.8 Å². The fourth-order valence-corrected chi connectivity index (χ4v) is 3.99. The first-order valence-electron chi connectivity index (χ1n) is 8.22. The SMILES string of the molecule is C1CCc2[nH]c([C@H]3CCCN3CC3CCC3)nc2C1. The van der Waals surface area contributed by atoms with Gasteiger partial charge in [0.2, 0.25) is 0 Å². The molecule has 3 nitrogen and oxygen atoms in total. The standard InChI is InChI=1S/C16H25N3/c1-2-8-14-13(7-1)17-16(18-14)15-9-4-10-19(15)11-12-5-3-6-12/h12,15H,1-11H2,(H,17,18)/t15-/m1/s1. The van der Waals surface area contributed by atoms with Crippen molar-refractivity contribution in [2.24, 2.45) is 5.92 Å². The molecule has 0 unspecified atom stereocenters. The van der Waals surface area contributed by atoms with Gasteiger partial charge in [-0.3, -0.25) is 4.90 Å². The minimum Gasteiger partial charge on any atom is -0.344 e. The second-order valence-electron chi connectivity index (χ2n) is 6.70. The van der Waals surface area contributed by atoms with Gasteiger partial charge in [-0.2, -0.15) is 0 Å². The maximum absolute atomic E-state index is 4.94. The smallest absolute Gasteiger partial charge is 0.124 e. The number of aryl methyl sites for hydroxylation is 2. The maximum atomic E-state index is 4.94. The lowest BCUT2D eigenvalue weighted by atomic mass is 9.85. The van der Waals surface area contributed by atoms with Crippen LogP contribution in [0.4, 0.5) is 0 Å². The molecule has 0 spiro atoms. The molecule has 1 aromatic rings. The molecule has 3 aliphatic rings. The number of rotatable bonds is 3. The second kappa shape index (κ2) is 4.93. The molecular weight excluding hydrogens is 234 g/mol. The highest BCUT2D eigenvalue weighted by atomic mass is 15.2.